The molecule has 0 spiro atoms. The number of nitrogens with one attached hydrogen (secondary N) is 3. The zero-order valence-electron chi connectivity index (χ0n) is 15.1. The number of carbonyl (C=O) groups is 2. The van der Waals surface area contributed by atoms with Gasteiger partial charge >= 0.3 is 0 Å². The van der Waals surface area contributed by atoms with E-state index < -0.39 is 0 Å². The highest BCUT2D eigenvalue weighted by atomic mass is 16.2. The van der Waals surface area contributed by atoms with Gasteiger partial charge in [-0.15, -0.1) is 0 Å². The molecule has 3 rings (SSSR count). The van der Waals surface area contributed by atoms with Gasteiger partial charge in [0.05, 0.1) is 18.4 Å². The van der Waals surface area contributed by atoms with Crippen LogP contribution in [0.4, 0.5) is 0 Å². The van der Waals surface area contributed by atoms with Crippen LogP contribution in [0.5, 0.6) is 0 Å². The summed E-state index contributed by atoms with van der Waals surface area (Å²) < 4.78 is 0. The van der Waals surface area contributed by atoms with Crippen molar-refractivity contribution in [2.24, 2.45) is 0 Å². The van der Waals surface area contributed by atoms with E-state index in [-0.39, 0.29) is 29.3 Å². The fourth-order valence-electron chi connectivity index (χ4n) is 2.77. The van der Waals surface area contributed by atoms with Crippen LogP contribution >= 0.6 is 0 Å². The molecule has 1 aliphatic heterocycles. The predicted octanol–water partition coefficient (Wildman–Crippen LogP) is 2.73. The molecule has 0 unspecified atom stereocenters. The summed E-state index contributed by atoms with van der Waals surface area (Å²) in [4.78, 5) is 32.2. The quantitative estimate of drug-likeness (QED) is 0.728. The molecule has 1 saturated heterocycles. The second-order valence-electron chi connectivity index (χ2n) is 7.23. The van der Waals surface area contributed by atoms with Crippen LogP contribution < -0.4 is 10.6 Å². The van der Waals surface area contributed by atoms with Crippen molar-refractivity contribution in [1.82, 2.24) is 20.6 Å². The van der Waals surface area contributed by atoms with E-state index in [0.29, 0.717) is 11.4 Å². The molecule has 2 amide bonds. The minimum absolute atomic E-state index is 0.102. The van der Waals surface area contributed by atoms with Gasteiger partial charge in [0.15, 0.2) is 0 Å². The van der Waals surface area contributed by atoms with Gasteiger partial charge in [0.2, 0.25) is 5.91 Å². The molecule has 0 radical (unpaired) electrons. The SMILES string of the molecule is CC(C)(C)c1[nH]cnc1/C=C1\NC(=O)C/C(=C/c2ccccc2)NC1=O. The number of imidazole rings is 1. The lowest BCUT2D eigenvalue weighted by Crippen LogP contribution is -2.28. The van der Waals surface area contributed by atoms with Gasteiger partial charge < -0.3 is 15.6 Å². The number of aromatic amines is 1. The summed E-state index contributed by atoms with van der Waals surface area (Å²) in [6.07, 6.45) is 5.10. The summed E-state index contributed by atoms with van der Waals surface area (Å²) in [7, 11) is 0. The molecule has 134 valence electrons. The van der Waals surface area contributed by atoms with Crippen LogP contribution in [-0.2, 0) is 15.0 Å². The lowest BCUT2D eigenvalue weighted by Gasteiger charge is -2.17. The van der Waals surface area contributed by atoms with E-state index in [1.807, 2.05) is 30.3 Å². The number of benzene rings is 1. The minimum atomic E-state index is -0.360. The Morgan fingerprint density at radius 3 is 2.46 bits per heavy atom. The molecule has 3 N–H and O–H groups in total. The Bertz CT molecular complexity index is 886. The number of hydrogen-bond acceptors (Lipinski definition) is 3. The Morgan fingerprint density at radius 1 is 1.04 bits per heavy atom. The van der Waals surface area contributed by atoms with Crippen molar-refractivity contribution in [3.05, 3.63) is 65.0 Å². The highest BCUT2D eigenvalue weighted by molar-refractivity contribution is 6.04. The molecule has 0 atom stereocenters. The number of carbonyl (C=O) groups excluding carboxylic acids is 2. The number of amides is 2. The third kappa shape index (κ3) is 4.08. The fraction of sp³-hybridized carbons (Fsp3) is 0.250. The van der Waals surface area contributed by atoms with Gasteiger partial charge in [0.1, 0.15) is 5.70 Å². The zero-order valence-corrected chi connectivity index (χ0v) is 15.1. The first-order valence-electron chi connectivity index (χ1n) is 8.45. The summed E-state index contributed by atoms with van der Waals surface area (Å²) >= 11 is 0. The summed E-state index contributed by atoms with van der Waals surface area (Å²) in [5.41, 5.74) is 3.04. The molecule has 0 bridgehead atoms. The highest BCUT2D eigenvalue weighted by Crippen LogP contribution is 2.24. The van der Waals surface area contributed by atoms with Crippen LogP contribution in [0, 0.1) is 0 Å². The molecule has 1 aliphatic rings. The predicted molar refractivity (Wildman–Crippen MR) is 101 cm³/mol. The van der Waals surface area contributed by atoms with E-state index in [1.54, 1.807) is 18.5 Å². The van der Waals surface area contributed by atoms with Crippen LogP contribution in [0.1, 0.15) is 44.1 Å². The molecule has 2 heterocycles. The maximum Gasteiger partial charge on any atom is 0.272 e. The van der Waals surface area contributed by atoms with E-state index in [2.05, 4.69) is 41.4 Å². The number of H-pyrrole nitrogens is 1. The summed E-state index contributed by atoms with van der Waals surface area (Å²) in [6.45, 7) is 6.15. The van der Waals surface area contributed by atoms with E-state index in [0.717, 1.165) is 11.3 Å². The Hall–Kier alpha value is -3.15. The van der Waals surface area contributed by atoms with E-state index in [4.69, 9.17) is 0 Å². The Labute approximate surface area is 152 Å². The van der Waals surface area contributed by atoms with Crippen molar-refractivity contribution >= 4 is 24.0 Å². The molecule has 0 aliphatic carbocycles. The zero-order chi connectivity index (χ0) is 18.7. The summed E-state index contributed by atoms with van der Waals surface area (Å²) in [5.74, 6) is -0.606. The number of aromatic nitrogens is 2. The second-order valence-corrected chi connectivity index (χ2v) is 7.23. The molecule has 1 fully saturated rings. The summed E-state index contributed by atoms with van der Waals surface area (Å²) in [5, 5.41) is 5.49. The van der Waals surface area contributed by atoms with Crippen molar-refractivity contribution in [1.29, 1.82) is 0 Å². The number of rotatable bonds is 2. The van der Waals surface area contributed by atoms with Crippen LogP contribution in [0.15, 0.2) is 48.1 Å². The molecule has 1 aromatic heterocycles. The van der Waals surface area contributed by atoms with Gasteiger partial charge in [-0.3, -0.25) is 9.59 Å². The van der Waals surface area contributed by atoms with E-state index >= 15 is 0 Å². The smallest absolute Gasteiger partial charge is 0.272 e. The van der Waals surface area contributed by atoms with Crippen LogP contribution in [-0.4, -0.2) is 21.8 Å². The summed E-state index contributed by atoms with van der Waals surface area (Å²) in [6, 6.07) is 9.55. The molecule has 6 heteroatoms. The average molecular weight is 350 g/mol. The first-order valence-corrected chi connectivity index (χ1v) is 8.45. The second kappa shape index (κ2) is 7.00. The molecule has 26 heavy (non-hydrogen) atoms. The van der Waals surface area contributed by atoms with E-state index in [1.165, 1.54) is 0 Å². The molecule has 1 aromatic carbocycles. The molecule has 0 saturated carbocycles. The van der Waals surface area contributed by atoms with E-state index in [9.17, 15) is 9.59 Å². The largest absolute Gasteiger partial charge is 0.348 e. The standard InChI is InChI=1S/C20H22N4O2/c1-20(2,3)18-15(21-12-22-18)11-16-19(26)23-14(10-17(25)24-16)9-13-7-5-4-6-8-13/h4-9,11-12H,10H2,1-3H3,(H,21,22)(H,23,26)(H,24,25)/b14-9-,16-11-. The van der Waals surface area contributed by atoms with Crippen molar-refractivity contribution in [2.45, 2.75) is 32.6 Å². The molecular formula is C20H22N4O2. The Kier molecular flexibility index (Phi) is 4.75. The van der Waals surface area contributed by atoms with Gasteiger partial charge in [0.25, 0.3) is 5.91 Å². The topological polar surface area (TPSA) is 86.9 Å². The minimum Gasteiger partial charge on any atom is -0.348 e. The highest BCUT2D eigenvalue weighted by Gasteiger charge is 2.24. The molecular weight excluding hydrogens is 328 g/mol. The number of hydrogen-bond donors (Lipinski definition) is 3. The van der Waals surface area contributed by atoms with Gasteiger partial charge in [-0.05, 0) is 17.7 Å². The van der Waals surface area contributed by atoms with Gasteiger partial charge in [0, 0.05) is 16.8 Å². The first kappa shape index (κ1) is 17.7. The van der Waals surface area contributed by atoms with Crippen LogP contribution in [0.2, 0.25) is 0 Å². The first-order chi connectivity index (χ1) is 12.3. The Balaban J connectivity index is 1.90. The monoisotopic (exact) mass is 350 g/mol. The van der Waals surface area contributed by atoms with Gasteiger partial charge in [-0.2, -0.15) is 0 Å². The molecule has 2 aromatic rings. The van der Waals surface area contributed by atoms with Gasteiger partial charge in [-0.25, -0.2) is 4.98 Å². The van der Waals surface area contributed by atoms with Crippen molar-refractivity contribution in [2.75, 3.05) is 0 Å². The average Bonchev–Trinajstić information content (AvgIpc) is 2.98. The Morgan fingerprint density at radius 2 is 1.77 bits per heavy atom. The fourth-order valence-corrected chi connectivity index (χ4v) is 2.77. The maximum atomic E-state index is 12.6. The van der Waals surface area contributed by atoms with Crippen LogP contribution in [0.3, 0.4) is 0 Å². The van der Waals surface area contributed by atoms with Crippen molar-refractivity contribution < 1.29 is 9.59 Å². The molecule has 6 nitrogen and oxygen atoms in total. The lowest BCUT2D eigenvalue weighted by atomic mass is 9.90. The van der Waals surface area contributed by atoms with Crippen molar-refractivity contribution in [3.63, 3.8) is 0 Å². The lowest BCUT2D eigenvalue weighted by molar-refractivity contribution is -0.121. The van der Waals surface area contributed by atoms with Gasteiger partial charge in [-0.1, -0.05) is 51.1 Å². The third-order valence-electron chi connectivity index (χ3n) is 3.98. The van der Waals surface area contributed by atoms with Crippen molar-refractivity contribution in [3.8, 4) is 0 Å². The normalized spacial score (nSPS) is 18.6. The maximum absolute atomic E-state index is 12.6. The third-order valence-corrected chi connectivity index (χ3v) is 3.98. The number of nitrogens with zero attached hydrogens (tertiary/aromatic N) is 1. The van der Waals surface area contributed by atoms with Crippen LogP contribution in [0.25, 0.3) is 12.2 Å².